The van der Waals surface area contributed by atoms with Crippen molar-refractivity contribution in [3.63, 3.8) is 0 Å². The van der Waals surface area contributed by atoms with E-state index in [1.807, 2.05) is 23.6 Å². The summed E-state index contributed by atoms with van der Waals surface area (Å²) in [7, 11) is 0. The SMILES string of the molecule is C1=Cc2ccc3cccc(-c4cc(-c5cccc(-c6cccc7ccc8cccnc8c67)c5)cc(-c5cccc6c5sc5ccccc56)c4)c3c2NC1. The Labute approximate surface area is 311 Å². The molecule has 0 unspecified atom stereocenters. The van der Waals surface area contributed by atoms with Gasteiger partial charge in [0.2, 0.25) is 0 Å². The summed E-state index contributed by atoms with van der Waals surface area (Å²) < 4.78 is 2.64. The summed E-state index contributed by atoms with van der Waals surface area (Å²) in [6.07, 6.45) is 6.34. The van der Waals surface area contributed by atoms with Crippen molar-refractivity contribution in [1.29, 1.82) is 0 Å². The van der Waals surface area contributed by atoms with Gasteiger partial charge in [0.1, 0.15) is 0 Å². The smallest absolute Gasteiger partial charge is 0.0786 e. The van der Waals surface area contributed by atoms with Crippen LogP contribution in [0.3, 0.4) is 0 Å². The molecule has 1 aliphatic rings. The van der Waals surface area contributed by atoms with Crippen LogP contribution in [0.15, 0.2) is 170 Å². The highest BCUT2D eigenvalue weighted by Crippen LogP contribution is 2.45. The molecule has 0 spiro atoms. The molecule has 248 valence electrons. The standard InChI is InChI=1S/C50H32N2S/c1-2-20-45-43(15-1)44-19-6-18-42(50(44)53-45)39-29-37(28-38(30-39)41-17-5-10-32-22-24-34-14-8-26-52-49(34)47(32)41)35-11-3-12-36(27-35)40-16-4-9-31-21-23-33-13-7-25-51-48(33)46(31)40/h1-25,27-30,52H,26H2. The average Bonchev–Trinajstić information content (AvgIpc) is 3.62. The van der Waals surface area contributed by atoms with Crippen molar-refractivity contribution >= 4 is 75.7 Å². The van der Waals surface area contributed by atoms with Crippen LogP contribution in [-0.4, -0.2) is 11.5 Å². The van der Waals surface area contributed by atoms with E-state index in [9.17, 15) is 0 Å². The number of benzene rings is 8. The highest BCUT2D eigenvalue weighted by atomic mass is 32.1. The van der Waals surface area contributed by atoms with Gasteiger partial charge in [0.15, 0.2) is 0 Å². The number of thiophene rings is 1. The molecule has 3 heteroatoms. The van der Waals surface area contributed by atoms with Gasteiger partial charge in [-0.15, -0.1) is 11.3 Å². The van der Waals surface area contributed by atoms with Crippen LogP contribution in [-0.2, 0) is 0 Å². The maximum atomic E-state index is 4.85. The van der Waals surface area contributed by atoms with Gasteiger partial charge in [-0.1, -0.05) is 133 Å². The molecule has 53 heavy (non-hydrogen) atoms. The molecule has 1 N–H and O–H groups in total. The molecule has 2 nitrogen and oxygen atoms in total. The number of hydrogen-bond donors (Lipinski definition) is 1. The largest absolute Gasteiger partial charge is 0.381 e. The first kappa shape index (κ1) is 30.1. The third kappa shape index (κ3) is 4.89. The fraction of sp³-hybridized carbons (Fsp3) is 0.0200. The van der Waals surface area contributed by atoms with Crippen molar-refractivity contribution in [3.8, 4) is 44.5 Å². The highest BCUT2D eigenvalue weighted by molar-refractivity contribution is 7.26. The molecule has 0 aliphatic carbocycles. The summed E-state index contributed by atoms with van der Waals surface area (Å²) in [5.41, 5.74) is 13.1. The van der Waals surface area contributed by atoms with Crippen LogP contribution in [0, 0.1) is 0 Å². The second-order valence-corrected chi connectivity index (χ2v) is 15.0. The second-order valence-electron chi connectivity index (χ2n) is 13.9. The van der Waals surface area contributed by atoms with E-state index in [-0.39, 0.29) is 0 Å². The van der Waals surface area contributed by atoms with Gasteiger partial charge >= 0.3 is 0 Å². The predicted molar refractivity (Wildman–Crippen MR) is 229 cm³/mol. The maximum absolute atomic E-state index is 4.85. The Hall–Kier alpha value is -6.55. The van der Waals surface area contributed by atoms with Crippen molar-refractivity contribution in [1.82, 2.24) is 4.98 Å². The van der Waals surface area contributed by atoms with Crippen LogP contribution < -0.4 is 5.32 Å². The van der Waals surface area contributed by atoms with Crippen LogP contribution in [0.4, 0.5) is 5.69 Å². The number of rotatable bonds is 4. The van der Waals surface area contributed by atoms with Crippen molar-refractivity contribution in [2.45, 2.75) is 0 Å². The molecule has 0 fully saturated rings. The van der Waals surface area contributed by atoms with E-state index >= 15 is 0 Å². The summed E-state index contributed by atoms with van der Waals surface area (Å²) in [6.45, 7) is 0.825. The molecule has 0 radical (unpaired) electrons. The van der Waals surface area contributed by atoms with E-state index in [2.05, 4.69) is 169 Å². The lowest BCUT2D eigenvalue weighted by Crippen LogP contribution is -2.05. The Morgan fingerprint density at radius 1 is 0.491 bits per heavy atom. The van der Waals surface area contributed by atoms with Crippen molar-refractivity contribution in [2.75, 3.05) is 11.9 Å². The van der Waals surface area contributed by atoms with Gasteiger partial charge in [-0.25, -0.2) is 0 Å². The molecule has 3 heterocycles. The first-order valence-corrected chi connectivity index (χ1v) is 19.0. The van der Waals surface area contributed by atoms with E-state index in [1.54, 1.807) is 0 Å². The quantitative estimate of drug-likeness (QED) is 0.186. The van der Waals surface area contributed by atoms with Crippen molar-refractivity contribution < 1.29 is 0 Å². The second kappa shape index (κ2) is 12.0. The lowest BCUT2D eigenvalue weighted by Gasteiger charge is -2.19. The Kier molecular flexibility index (Phi) is 6.83. The lowest BCUT2D eigenvalue weighted by molar-refractivity contribution is 1.33. The summed E-state index contributed by atoms with van der Waals surface area (Å²) in [5.74, 6) is 0. The fourth-order valence-corrected chi connectivity index (χ4v) is 9.65. The van der Waals surface area contributed by atoms with E-state index in [1.165, 1.54) is 97.5 Å². The monoisotopic (exact) mass is 692 g/mol. The zero-order valence-electron chi connectivity index (χ0n) is 28.8. The number of pyridine rings is 1. The summed E-state index contributed by atoms with van der Waals surface area (Å²) in [4.78, 5) is 4.85. The summed E-state index contributed by atoms with van der Waals surface area (Å²) >= 11 is 1.89. The minimum atomic E-state index is 0.825. The molecule has 11 rings (SSSR count). The molecular formula is C50H32N2S. The topological polar surface area (TPSA) is 24.9 Å². The van der Waals surface area contributed by atoms with Gasteiger partial charge in [-0.2, -0.15) is 0 Å². The third-order valence-corrected chi connectivity index (χ3v) is 12.1. The van der Waals surface area contributed by atoms with Gasteiger partial charge < -0.3 is 5.32 Å². The number of nitrogens with zero attached hydrogens (tertiary/aromatic N) is 1. The molecule has 2 aromatic heterocycles. The number of hydrogen-bond acceptors (Lipinski definition) is 3. The number of anilines is 1. The average molecular weight is 693 g/mol. The number of fused-ring (bicyclic) bond motifs is 9. The van der Waals surface area contributed by atoms with Gasteiger partial charge in [0.05, 0.1) is 11.2 Å². The van der Waals surface area contributed by atoms with Gasteiger partial charge in [-0.05, 0) is 97.2 Å². The van der Waals surface area contributed by atoms with Crippen molar-refractivity contribution in [2.24, 2.45) is 0 Å². The third-order valence-electron chi connectivity index (χ3n) is 10.9. The Morgan fingerprint density at radius 3 is 2.08 bits per heavy atom. The molecule has 10 aromatic rings. The number of aromatic nitrogens is 1. The van der Waals surface area contributed by atoms with Gasteiger partial charge in [0, 0.05) is 49.1 Å². The van der Waals surface area contributed by atoms with Crippen LogP contribution in [0.2, 0.25) is 0 Å². The summed E-state index contributed by atoms with van der Waals surface area (Å²) in [5, 5.41) is 12.4. The van der Waals surface area contributed by atoms with E-state index in [0.29, 0.717) is 0 Å². The number of nitrogens with one attached hydrogen (secondary N) is 1. The lowest BCUT2D eigenvalue weighted by atomic mass is 9.88. The first-order chi connectivity index (χ1) is 26.3. The normalized spacial score (nSPS) is 12.5. The predicted octanol–water partition coefficient (Wildman–Crippen LogP) is 14.0. The maximum Gasteiger partial charge on any atom is 0.0786 e. The van der Waals surface area contributed by atoms with E-state index in [4.69, 9.17) is 4.98 Å². The Morgan fingerprint density at radius 2 is 1.15 bits per heavy atom. The van der Waals surface area contributed by atoms with Crippen LogP contribution in [0.1, 0.15) is 5.56 Å². The molecule has 0 bridgehead atoms. The molecule has 0 saturated carbocycles. The zero-order valence-corrected chi connectivity index (χ0v) is 29.6. The Balaban J connectivity index is 1.17. The first-order valence-electron chi connectivity index (χ1n) is 18.2. The highest BCUT2D eigenvalue weighted by Gasteiger charge is 2.18. The van der Waals surface area contributed by atoms with Crippen molar-refractivity contribution in [3.05, 3.63) is 176 Å². The molecule has 0 amide bonds. The molecule has 0 saturated heterocycles. The van der Waals surface area contributed by atoms with Crippen LogP contribution >= 0.6 is 11.3 Å². The van der Waals surface area contributed by atoms with Gasteiger partial charge in [-0.3, -0.25) is 4.98 Å². The van der Waals surface area contributed by atoms with Gasteiger partial charge in [0.25, 0.3) is 0 Å². The molecule has 1 aliphatic heterocycles. The van der Waals surface area contributed by atoms with Crippen LogP contribution in [0.5, 0.6) is 0 Å². The molecule has 8 aromatic carbocycles. The Bertz CT molecular complexity index is 3130. The minimum Gasteiger partial charge on any atom is -0.381 e. The minimum absolute atomic E-state index is 0.825. The fourth-order valence-electron chi connectivity index (χ4n) is 8.41. The summed E-state index contributed by atoms with van der Waals surface area (Å²) in [6, 6.07) is 58.1. The van der Waals surface area contributed by atoms with E-state index < -0.39 is 0 Å². The molecule has 0 atom stereocenters. The molecular weight excluding hydrogens is 661 g/mol. The zero-order chi connectivity index (χ0) is 34.9. The van der Waals surface area contributed by atoms with Crippen LogP contribution in [0.25, 0.3) is 103 Å². The van der Waals surface area contributed by atoms with E-state index in [0.717, 1.165) is 17.4 Å².